The van der Waals surface area contributed by atoms with Crippen LogP contribution in [0.15, 0.2) is 36.4 Å². The molecule has 106 valence electrons. The van der Waals surface area contributed by atoms with Crippen molar-refractivity contribution in [2.45, 2.75) is 13.0 Å². The first-order valence-electron chi connectivity index (χ1n) is 6.08. The van der Waals surface area contributed by atoms with Gasteiger partial charge in [-0.15, -0.1) is 0 Å². The molecule has 0 spiro atoms. The quantitative estimate of drug-likeness (QED) is 0.696. The van der Waals surface area contributed by atoms with Gasteiger partial charge in [-0.25, -0.2) is 0 Å². The zero-order chi connectivity index (χ0) is 14.7. The second-order valence-corrected chi connectivity index (χ2v) is 6.25. The van der Waals surface area contributed by atoms with Crippen LogP contribution in [0.5, 0.6) is 5.75 Å². The summed E-state index contributed by atoms with van der Waals surface area (Å²) in [4.78, 5) is 0. The summed E-state index contributed by atoms with van der Waals surface area (Å²) in [7, 11) is 0. The molecule has 0 fully saturated rings. The number of rotatable bonds is 4. The summed E-state index contributed by atoms with van der Waals surface area (Å²) in [5.41, 5.74) is 1.34. The van der Waals surface area contributed by atoms with Crippen molar-refractivity contribution < 1.29 is 9.84 Å². The second-order valence-electron chi connectivity index (χ2n) is 4.19. The van der Waals surface area contributed by atoms with Gasteiger partial charge in [0, 0.05) is 15.2 Å². The van der Waals surface area contributed by atoms with E-state index >= 15 is 0 Å². The van der Waals surface area contributed by atoms with Gasteiger partial charge in [-0.2, -0.15) is 0 Å². The SMILES string of the molecule is CCOc1cc(Cl)c(C(O)c2ccc(I)cc2)cc1Cl. The van der Waals surface area contributed by atoms with E-state index in [1.54, 1.807) is 12.1 Å². The van der Waals surface area contributed by atoms with Gasteiger partial charge in [0.05, 0.1) is 16.7 Å². The number of halogens is 3. The summed E-state index contributed by atoms with van der Waals surface area (Å²) in [5.74, 6) is 0.526. The van der Waals surface area contributed by atoms with Crippen LogP contribution in [0.1, 0.15) is 24.2 Å². The van der Waals surface area contributed by atoms with Crippen molar-refractivity contribution in [2.24, 2.45) is 0 Å². The molecule has 0 radical (unpaired) electrons. The lowest BCUT2D eigenvalue weighted by Crippen LogP contribution is -2.02. The molecule has 0 saturated heterocycles. The first kappa shape index (κ1) is 15.9. The van der Waals surface area contributed by atoms with Crippen molar-refractivity contribution in [1.29, 1.82) is 0 Å². The number of benzene rings is 2. The molecule has 0 aromatic heterocycles. The Kier molecular flexibility index (Phi) is 5.55. The lowest BCUT2D eigenvalue weighted by Gasteiger charge is -2.15. The molecule has 0 heterocycles. The van der Waals surface area contributed by atoms with Crippen LogP contribution in [0.4, 0.5) is 0 Å². The third-order valence-electron chi connectivity index (χ3n) is 2.83. The van der Waals surface area contributed by atoms with E-state index in [2.05, 4.69) is 22.6 Å². The van der Waals surface area contributed by atoms with E-state index in [1.165, 1.54) is 0 Å². The Morgan fingerprint density at radius 2 is 1.80 bits per heavy atom. The Bertz CT molecular complexity index is 600. The maximum absolute atomic E-state index is 10.4. The molecule has 20 heavy (non-hydrogen) atoms. The molecule has 5 heteroatoms. The Hall–Kier alpha value is -0.490. The van der Waals surface area contributed by atoms with Crippen molar-refractivity contribution in [3.05, 3.63) is 61.1 Å². The fraction of sp³-hybridized carbons (Fsp3) is 0.200. The van der Waals surface area contributed by atoms with E-state index in [1.807, 2.05) is 31.2 Å². The molecular weight excluding hydrogens is 410 g/mol. The zero-order valence-electron chi connectivity index (χ0n) is 10.7. The highest BCUT2D eigenvalue weighted by Crippen LogP contribution is 2.36. The molecule has 2 rings (SSSR count). The molecule has 1 atom stereocenters. The van der Waals surface area contributed by atoms with E-state index in [-0.39, 0.29) is 0 Å². The van der Waals surface area contributed by atoms with Gasteiger partial charge in [-0.05, 0) is 53.3 Å². The highest BCUT2D eigenvalue weighted by molar-refractivity contribution is 14.1. The summed E-state index contributed by atoms with van der Waals surface area (Å²) >= 11 is 14.6. The van der Waals surface area contributed by atoms with Gasteiger partial charge < -0.3 is 9.84 Å². The lowest BCUT2D eigenvalue weighted by molar-refractivity contribution is 0.220. The minimum absolute atomic E-state index is 0.434. The van der Waals surface area contributed by atoms with Gasteiger partial charge >= 0.3 is 0 Å². The highest BCUT2D eigenvalue weighted by Gasteiger charge is 2.17. The van der Waals surface area contributed by atoms with Crippen molar-refractivity contribution >= 4 is 45.8 Å². The minimum atomic E-state index is -0.812. The van der Waals surface area contributed by atoms with Crippen LogP contribution in [-0.4, -0.2) is 11.7 Å². The van der Waals surface area contributed by atoms with Crippen molar-refractivity contribution in [1.82, 2.24) is 0 Å². The third kappa shape index (κ3) is 3.58. The van der Waals surface area contributed by atoms with Crippen LogP contribution in [-0.2, 0) is 0 Å². The number of aliphatic hydroxyl groups is 1. The minimum Gasteiger partial charge on any atom is -0.492 e. The normalized spacial score (nSPS) is 12.2. The van der Waals surface area contributed by atoms with Crippen molar-refractivity contribution in [3.8, 4) is 5.75 Å². The summed E-state index contributed by atoms with van der Waals surface area (Å²) in [6.45, 7) is 2.38. The van der Waals surface area contributed by atoms with Gasteiger partial charge in [-0.3, -0.25) is 0 Å². The van der Waals surface area contributed by atoms with Crippen LogP contribution in [0, 0.1) is 3.57 Å². The Balaban J connectivity index is 2.37. The van der Waals surface area contributed by atoms with Gasteiger partial charge in [0.2, 0.25) is 0 Å². The smallest absolute Gasteiger partial charge is 0.139 e. The number of aliphatic hydroxyl groups excluding tert-OH is 1. The Morgan fingerprint density at radius 1 is 1.15 bits per heavy atom. The molecule has 2 aromatic carbocycles. The molecule has 0 bridgehead atoms. The number of ether oxygens (including phenoxy) is 1. The van der Waals surface area contributed by atoms with E-state index in [9.17, 15) is 5.11 Å². The Labute approximate surface area is 141 Å². The first-order chi connectivity index (χ1) is 9.52. The van der Waals surface area contributed by atoms with Crippen LogP contribution < -0.4 is 4.74 Å². The molecule has 0 aliphatic carbocycles. The van der Waals surface area contributed by atoms with E-state index in [0.29, 0.717) is 28.0 Å². The van der Waals surface area contributed by atoms with Crippen molar-refractivity contribution in [2.75, 3.05) is 6.61 Å². The summed E-state index contributed by atoms with van der Waals surface area (Å²) in [6.07, 6.45) is -0.812. The number of hydrogen-bond acceptors (Lipinski definition) is 2. The average Bonchev–Trinajstić information content (AvgIpc) is 2.43. The monoisotopic (exact) mass is 422 g/mol. The van der Waals surface area contributed by atoms with E-state index in [4.69, 9.17) is 27.9 Å². The summed E-state index contributed by atoms with van der Waals surface area (Å²) in [5, 5.41) is 11.3. The fourth-order valence-electron chi connectivity index (χ4n) is 1.84. The van der Waals surface area contributed by atoms with E-state index < -0.39 is 6.10 Å². The number of hydrogen-bond donors (Lipinski definition) is 1. The zero-order valence-corrected chi connectivity index (χ0v) is 14.4. The average molecular weight is 423 g/mol. The molecule has 1 N–H and O–H groups in total. The maximum atomic E-state index is 10.4. The van der Waals surface area contributed by atoms with Crippen LogP contribution in [0.3, 0.4) is 0 Å². The fourth-order valence-corrected chi connectivity index (χ4v) is 2.69. The predicted octanol–water partition coefficient (Wildman–Crippen LogP) is 5.08. The van der Waals surface area contributed by atoms with Gasteiger partial charge in [0.1, 0.15) is 11.9 Å². The molecule has 0 amide bonds. The van der Waals surface area contributed by atoms with Crippen LogP contribution >= 0.6 is 45.8 Å². The van der Waals surface area contributed by atoms with Crippen molar-refractivity contribution in [3.63, 3.8) is 0 Å². The van der Waals surface area contributed by atoms with Gasteiger partial charge in [0.15, 0.2) is 0 Å². The van der Waals surface area contributed by atoms with Crippen LogP contribution in [0.25, 0.3) is 0 Å². The van der Waals surface area contributed by atoms with Gasteiger partial charge in [0.25, 0.3) is 0 Å². The maximum Gasteiger partial charge on any atom is 0.139 e. The molecule has 2 nitrogen and oxygen atoms in total. The molecule has 1 unspecified atom stereocenters. The molecule has 0 aliphatic rings. The molecule has 0 saturated carbocycles. The third-order valence-corrected chi connectivity index (χ3v) is 4.17. The second kappa shape index (κ2) is 6.98. The largest absolute Gasteiger partial charge is 0.492 e. The highest BCUT2D eigenvalue weighted by atomic mass is 127. The summed E-state index contributed by atoms with van der Waals surface area (Å²) in [6, 6.07) is 10.9. The molecule has 2 aromatic rings. The predicted molar refractivity (Wildman–Crippen MR) is 90.9 cm³/mol. The standard InChI is InChI=1S/C15H13Cl2IO2/c1-2-20-14-8-12(16)11(7-13(14)17)15(19)9-3-5-10(18)6-4-9/h3-8,15,19H,2H2,1H3. The lowest BCUT2D eigenvalue weighted by atomic mass is 10.0. The topological polar surface area (TPSA) is 29.5 Å². The molecular formula is C15H13Cl2IO2. The van der Waals surface area contributed by atoms with Gasteiger partial charge in [-0.1, -0.05) is 35.3 Å². The Morgan fingerprint density at radius 3 is 2.40 bits per heavy atom. The molecule has 0 aliphatic heterocycles. The van der Waals surface area contributed by atoms with E-state index in [0.717, 1.165) is 9.13 Å². The first-order valence-corrected chi connectivity index (χ1v) is 7.91. The van der Waals surface area contributed by atoms with Crippen LogP contribution in [0.2, 0.25) is 10.0 Å². The summed E-state index contributed by atoms with van der Waals surface area (Å²) < 4.78 is 6.48.